The summed E-state index contributed by atoms with van der Waals surface area (Å²) < 4.78 is 0. The van der Waals surface area contributed by atoms with E-state index in [-0.39, 0.29) is 5.56 Å². The van der Waals surface area contributed by atoms with E-state index in [1.807, 2.05) is 0 Å². The minimum absolute atomic E-state index is 0.172. The summed E-state index contributed by atoms with van der Waals surface area (Å²) in [6, 6.07) is 0.463. The molecular weight excluding hydrogens is 256 g/mol. The zero-order valence-electron chi connectivity index (χ0n) is 11.9. The van der Waals surface area contributed by atoms with Crippen molar-refractivity contribution >= 4 is 5.97 Å². The summed E-state index contributed by atoms with van der Waals surface area (Å²) in [7, 11) is 0. The summed E-state index contributed by atoms with van der Waals surface area (Å²) in [5.41, 5.74) is 0.712. The average molecular weight is 278 g/mol. The van der Waals surface area contributed by atoms with Gasteiger partial charge in [0.05, 0.1) is 5.69 Å². The maximum atomic E-state index is 11.1. The molecular formula is C14H22N4O2. The molecule has 1 fully saturated rings. The van der Waals surface area contributed by atoms with E-state index < -0.39 is 5.97 Å². The molecule has 1 aliphatic heterocycles. The van der Waals surface area contributed by atoms with Gasteiger partial charge in [0, 0.05) is 25.3 Å². The molecule has 1 unspecified atom stereocenters. The molecule has 0 saturated carbocycles. The predicted molar refractivity (Wildman–Crippen MR) is 75.6 cm³/mol. The molecule has 1 aromatic rings. The molecule has 6 nitrogen and oxygen atoms in total. The second kappa shape index (κ2) is 7.31. The first-order valence-corrected chi connectivity index (χ1v) is 7.15. The quantitative estimate of drug-likeness (QED) is 0.812. The van der Waals surface area contributed by atoms with E-state index in [9.17, 15) is 4.79 Å². The van der Waals surface area contributed by atoms with Gasteiger partial charge in [-0.05, 0) is 32.9 Å². The molecule has 1 atom stereocenters. The van der Waals surface area contributed by atoms with Crippen LogP contribution in [0.5, 0.6) is 0 Å². The van der Waals surface area contributed by atoms with Crippen molar-refractivity contribution in [2.75, 3.05) is 19.6 Å². The fourth-order valence-corrected chi connectivity index (χ4v) is 2.56. The molecule has 1 aromatic heterocycles. The molecule has 110 valence electrons. The van der Waals surface area contributed by atoms with Crippen LogP contribution in [0.15, 0.2) is 12.5 Å². The van der Waals surface area contributed by atoms with Crippen molar-refractivity contribution in [3.05, 3.63) is 23.8 Å². The molecule has 1 saturated heterocycles. The molecule has 6 heteroatoms. The van der Waals surface area contributed by atoms with Crippen LogP contribution in [-0.4, -0.2) is 51.6 Å². The Bertz CT molecular complexity index is 447. The van der Waals surface area contributed by atoms with Crippen LogP contribution in [0.25, 0.3) is 0 Å². The van der Waals surface area contributed by atoms with Crippen LogP contribution < -0.4 is 5.32 Å². The number of carbonyl (C=O) groups is 1. The van der Waals surface area contributed by atoms with Gasteiger partial charge in [-0.15, -0.1) is 0 Å². The maximum absolute atomic E-state index is 11.1. The van der Waals surface area contributed by atoms with Crippen LogP contribution >= 0.6 is 0 Å². The number of aromatic carboxylic acids is 1. The number of nitrogens with zero attached hydrogens (tertiary/aromatic N) is 3. The Kier molecular flexibility index (Phi) is 5.43. The van der Waals surface area contributed by atoms with Gasteiger partial charge in [-0.3, -0.25) is 4.90 Å². The van der Waals surface area contributed by atoms with Crippen LogP contribution in [0.3, 0.4) is 0 Å². The first kappa shape index (κ1) is 14.9. The summed E-state index contributed by atoms with van der Waals surface area (Å²) in [6.45, 7) is 5.83. The first-order chi connectivity index (χ1) is 9.68. The Balaban J connectivity index is 1.82. The minimum atomic E-state index is -0.980. The Morgan fingerprint density at radius 3 is 2.90 bits per heavy atom. The second-order valence-corrected chi connectivity index (χ2v) is 5.26. The summed E-state index contributed by atoms with van der Waals surface area (Å²) in [5.74, 6) is -0.980. The zero-order valence-corrected chi connectivity index (χ0v) is 11.9. The fraction of sp³-hybridized carbons (Fsp3) is 0.643. The van der Waals surface area contributed by atoms with Crippen molar-refractivity contribution < 1.29 is 9.90 Å². The number of carboxylic acids is 1. The standard InChI is InChI=1S/C14H22N4O2/c1-11(18-5-3-2-4-6-18)7-15-9-13-12(14(19)20)8-16-10-17-13/h8,10-11,15H,2-7,9H2,1H3,(H,19,20). The SMILES string of the molecule is CC(CNCc1ncncc1C(=O)O)N1CCCCC1. The lowest BCUT2D eigenvalue weighted by Crippen LogP contribution is -2.43. The van der Waals surface area contributed by atoms with Gasteiger partial charge in [-0.2, -0.15) is 0 Å². The molecule has 2 heterocycles. The highest BCUT2D eigenvalue weighted by atomic mass is 16.4. The molecule has 0 radical (unpaired) electrons. The second-order valence-electron chi connectivity index (χ2n) is 5.26. The smallest absolute Gasteiger partial charge is 0.339 e. The van der Waals surface area contributed by atoms with Crippen molar-refractivity contribution in [1.29, 1.82) is 0 Å². The van der Waals surface area contributed by atoms with Gasteiger partial charge in [0.15, 0.2) is 0 Å². The molecule has 20 heavy (non-hydrogen) atoms. The van der Waals surface area contributed by atoms with E-state index in [2.05, 4.69) is 27.1 Å². The number of rotatable bonds is 6. The molecule has 0 amide bonds. The number of likely N-dealkylation sites (tertiary alicyclic amines) is 1. The normalized spacial score (nSPS) is 17.9. The highest BCUT2D eigenvalue weighted by molar-refractivity contribution is 5.88. The van der Waals surface area contributed by atoms with Crippen LogP contribution in [0.2, 0.25) is 0 Å². The van der Waals surface area contributed by atoms with Crippen LogP contribution in [0, 0.1) is 0 Å². The lowest BCUT2D eigenvalue weighted by Gasteiger charge is -2.32. The Hall–Kier alpha value is -1.53. The minimum Gasteiger partial charge on any atom is -0.478 e. The highest BCUT2D eigenvalue weighted by Crippen LogP contribution is 2.11. The molecule has 0 aromatic carbocycles. The molecule has 2 N–H and O–H groups in total. The first-order valence-electron chi connectivity index (χ1n) is 7.15. The average Bonchev–Trinajstić information content (AvgIpc) is 2.48. The van der Waals surface area contributed by atoms with Gasteiger partial charge in [0.1, 0.15) is 11.9 Å². The lowest BCUT2D eigenvalue weighted by atomic mass is 10.1. The summed E-state index contributed by atoms with van der Waals surface area (Å²) in [6.07, 6.45) is 6.62. The van der Waals surface area contributed by atoms with E-state index in [4.69, 9.17) is 5.11 Å². The Labute approximate surface area is 119 Å². The van der Waals surface area contributed by atoms with Crippen molar-refractivity contribution in [3.63, 3.8) is 0 Å². The van der Waals surface area contributed by atoms with Gasteiger partial charge < -0.3 is 10.4 Å². The number of piperidine rings is 1. The van der Waals surface area contributed by atoms with Crippen LogP contribution in [0.4, 0.5) is 0 Å². The van der Waals surface area contributed by atoms with E-state index in [0.29, 0.717) is 18.3 Å². The molecule has 0 spiro atoms. The van der Waals surface area contributed by atoms with Gasteiger partial charge in [0.25, 0.3) is 0 Å². The van der Waals surface area contributed by atoms with E-state index in [1.54, 1.807) is 0 Å². The van der Waals surface area contributed by atoms with Crippen molar-refractivity contribution in [3.8, 4) is 0 Å². The Morgan fingerprint density at radius 2 is 2.20 bits per heavy atom. The van der Waals surface area contributed by atoms with Crippen molar-refractivity contribution in [2.24, 2.45) is 0 Å². The van der Waals surface area contributed by atoms with E-state index in [1.165, 1.54) is 31.8 Å². The molecule has 0 aliphatic carbocycles. The summed E-state index contributed by atoms with van der Waals surface area (Å²) in [5, 5.41) is 12.4. The molecule has 2 rings (SSSR count). The van der Waals surface area contributed by atoms with Gasteiger partial charge >= 0.3 is 5.97 Å². The maximum Gasteiger partial charge on any atom is 0.339 e. The highest BCUT2D eigenvalue weighted by Gasteiger charge is 2.17. The lowest BCUT2D eigenvalue weighted by molar-refractivity contribution is 0.0694. The summed E-state index contributed by atoms with van der Waals surface area (Å²) in [4.78, 5) is 21.3. The zero-order chi connectivity index (χ0) is 14.4. The molecule has 1 aliphatic rings. The van der Waals surface area contributed by atoms with Gasteiger partial charge in [0.2, 0.25) is 0 Å². The molecule has 0 bridgehead atoms. The third kappa shape index (κ3) is 3.98. The van der Waals surface area contributed by atoms with Crippen molar-refractivity contribution in [1.82, 2.24) is 20.2 Å². The van der Waals surface area contributed by atoms with Crippen LogP contribution in [0.1, 0.15) is 42.2 Å². The van der Waals surface area contributed by atoms with E-state index >= 15 is 0 Å². The number of carboxylic acid groups (broad SMARTS) is 1. The number of hydrogen-bond donors (Lipinski definition) is 2. The van der Waals surface area contributed by atoms with E-state index in [0.717, 1.165) is 19.6 Å². The Morgan fingerprint density at radius 1 is 1.45 bits per heavy atom. The van der Waals surface area contributed by atoms with Gasteiger partial charge in [-0.1, -0.05) is 6.42 Å². The number of aromatic nitrogens is 2. The summed E-state index contributed by atoms with van der Waals surface area (Å²) >= 11 is 0. The predicted octanol–water partition coefficient (Wildman–Crippen LogP) is 1.14. The van der Waals surface area contributed by atoms with Gasteiger partial charge in [-0.25, -0.2) is 14.8 Å². The number of nitrogens with one attached hydrogen (secondary N) is 1. The van der Waals surface area contributed by atoms with Crippen molar-refractivity contribution in [2.45, 2.75) is 38.8 Å². The largest absolute Gasteiger partial charge is 0.478 e. The van der Waals surface area contributed by atoms with Crippen LogP contribution in [-0.2, 0) is 6.54 Å². The monoisotopic (exact) mass is 278 g/mol. The fourth-order valence-electron chi connectivity index (χ4n) is 2.56. The number of hydrogen-bond acceptors (Lipinski definition) is 5. The third-order valence-corrected chi connectivity index (χ3v) is 3.77. The third-order valence-electron chi connectivity index (χ3n) is 3.77. The topological polar surface area (TPSA) is 78.3 Å².